The molecule has 3 aromatic rings. The van der Waals surface area contributed by atoms with Crippen molar-refractivity contribution < 1.29 is 14.1 Å². The lowest BCUT2D eigenvalue weighted by molar-refractivity contribution is -0.126. The second kappa shape index (κ2) is 10.5. The van der Waals surface area contributed by atoms with E-state index in [1.807, 2.05) is 54.3 Å². The first-order chi connectivity index (χ1) is 15.6. The molecular weight excluding hydrogens is 424 g/mol. The Morgan fingerprint density at radius 2 is 2.00 bits per heavy atom. The molecule has 1 aliphatic heterocycles. The third-order valence-electron chi connectivity index (χ3n) is 5.51. The van der Waals surface area contributed by atoms with E-state index in [9.17, 15) is 9.59 Å². The number of rotatable bonds is 7. The molecule has 1 N–H and O–H groups in total. The predicted octanol–water partition coefficient (Wildman–Crippen LogP) is 3.84. The van der Waals surface area contributed by atoms with Gasteiger partial charge in [0, 0.05) is 48.9 Å². The lowest BCUT2D eigenvalue weighted by Gasteiger charge is -2.31. The molecule has 1 fully saturated rings. The highest BCUT2D eigenvalue weighted by Crippen LogP contribution is 2.28. The Labute approximate surface area is 191 Å². The van der Waals surface area contributed by atoms with Crippen LogP contribution >= 0.6 is 11.8 Å². The number of piperidine rings is 1. The average Bonchev–Trinajstić information content (AvgIpc) is 3.26. The molecular formula is C24H26N4O3S. The monoisotopic (exact) mass is 450 g/mol. The second-order valence-corrected chi connectivity index (χ2v) is 8.88. The Bertz CT molecular complexity index is 1060. The minimum atomic E-state index is -0.0740. The Hall–Kier alpha value is -3.13. The number of carbonyl (C=O) groups excluding carboxylic acids is 2. The molecule has 4 rings (SSSR count). The summed E-state index contributed by atoms with van der Waals surface area (Å²) in [6, 6.07) is 13.3. The summed E-state index contributed by atoms with van der Waals surface area (Å²) in [6.45, 7) is 3.51. The van der Waals surface area contributed by atoms with Crippen LogP contribution in [-0.4, -0.2) is 39.9 Å². The maximum Gasteiger partial charge on any atom is 0.254 e. The van der Waals surface area contributed by atoms with Crippen molar-refractivity contribution in [2.24, 2.45) is 5.92 Å². The van der Waals surface area contributed by atoms with Crippen molar-refractivity contribution in [2.75, 3.05) is 13.1 Å². The normalized spacial score (nSPS) is 14.3. The van der Waals surface area contributed by atoms with E-state index in [2.05, 4.69) is 15.5 Å². The van der Waals surface area contributed by atoms with Gasteiger partial charge in [-0.05, 0) is 43.5 Å². The first-order valence-electron chi connectivity index (χ1n) is 10.7. The van der Waals surface area contributed by atoms with Crippen LogP contribution in [0.15, 0.2) is 64.3 Å². The lowest BCUT2D eigenvalue weighted by Crippen LogP contribution is -2.43. The second-order valence-electron chi connectivity index (χ2n) is 7.86. The zero-order chi connectivity index (χ0) is 22.3. The van der Waals surface area contributed by atoms with Crippen LogP contribution in [-0.2, 0) is 17.1 Å². The van der Waals surface area contributed by atoms with Gasteiger partial charge in [0.1, 0.15) is 5.76 Å². The highest BCUT2D eigenvalue weighted by Gasteiger charge is 2.28. The molecule has 0 radical (unpaired) electrons. The van der Waals surface area contributed by atoms with Crippen LogP contribution in [0, 0.1) is 12.8 Å². The van der Waals surface area contributed by atoms with Crippen molar-refractivity contribution in [3.8, 4) is 0 Å². The van der Waals surface area contributed by atoms with Gasteiger partial charge in [-0.1, -0.05) is 23.4 Å². The largest absolute Gasteiger partial charge is 0.360 e. The van der Waals surface area contributed by atoms with Crippen molar-refractivity contribution in [3.05, 3.63) is 77.4 Å². The van der Waals surface area contributed by atoms with Gasteiger partial charge in [-0.25, -0.2) is 0 Å². The first kappa shape index (κ1) is 22.1. The molecule has 0 bridgehead atoms. The fourth-order valence-electron chi connectivity index (χ4n) is 3.75. The summed E-state index contributed by atoms with van der Waals surface area (Å²) in [5, 5.41) is 6.90. The lowest BCUT2D eigenvalue weighted by atomic mass is 9.95. The fraction of sp³-hybridized carbons (Fsp3) is 0.333. The molecule has 166 valence electrons. The van der Waals surface area contributed by atoms with Gasteiger partial charge < -0.3 is 14.7 Å². The third kappa shape index (κ3) is 5.56. The molecule has 1 saturated heterocycles. The number of hydrogen-bond acceptors (Lipinski definition) is 6. The molecule has 2 amide bonds. The van der Waals surface area contributed by atoms with Gasteiger partial charge in [0.25, 0.3) is 5.91 Å². The Morgan fingerprint density at radius 1 is 1.19 bits per heavy atom. The molecule has 7 nitrogen and oxygen atoms in total. The number of hydrogen-bond donors (Lipinski definition) is 1. The van der Waals surface area contributed by atoms with Crippen LogP contribution < -0.4 is 5.32 Å². The van der Waals surface area contributed by atoms with E-state index >= 15 is 0 Å². The van der Waals surface area contributed by atoms with Gasteiger partial charge >= 0.3 is 0 Å². The topological polar surface area (TPSA) is 88.3 Å². The summed E-state index contributed by atoms with van der Waals surface area (Å²) in [5.41, 5.74) is 2.51. The van der Waals surface area contributed by atoms with Crippen LogP contribution in [0.2, 0.25) is 0 Å². The van der Waals surface area contributed by atoms with E-state index in [1.165, 1.54) is 0 Å². The van der Waals surface area contributed by atoms with Gasteiger partial charge in [-0.2, -0.15) is 0 Å². The van der Waals surface area contributed by atoms with Crippen LogP contribution in [0.4, 0.5) is 0 Å². The van der Waals surface area contributed by atoms with Gasteiger partial charge in [-0.15, -0.1) is 11.8 Å². The molecule has 0 unspecified atom stereocenters. The van der Waals surface area contributed by atoms with Crippen LogP contribution in [0.1, 0.15) is 40.2 Å². The Balaban J connectivity index is 1.31. The molecule has 0 atom stereocenters. The summed E-state index contributed by atoms with van der Waals surface area (Å²) in [6.07, 6.45) is 4.79. The molecule has 2 aromatic heterocycles. The van der Waals surface area contributed by atoms with E-state index in [1.54, 1.807) is 24.2 Å². The van der Waals surface area contributed by atoms with Gasteiger partial charge in [0.2, 0.25) is 5.91 Å². The molecule has 1 aliphatic rings. The van der Waals surface area contributed by atoms with Crippen LogP contribution in [0.3, 0.4) is 0 Å². The minimum Gasteiger partial charge on any atom is -0.360 e. The number of carbonyl (C=O) groups is 2. The summed E-state index contributed by atoms with van der Waals surface area (Å²) < 4.78 is 5.28. The number of nitrogens with one attached hydrogen (secondary N) is 1. The third-order valence-corrected chi connectivity index (χ3v) is 6.60. The van der Waals surface area contributed by atoms with Crippen molar-refractivity contribution in [3.63, 3.8) is 0 Å². The Morgan fingerprint density at radius 3 is 2.72 bits per heavy atom. The van der Waals surface area contributed by atoms with E-state index in [-0.39, 0.29) is 17.7 Å². The standard InChI is InChI=1S/C24H26N4O3S/c1-17-13-20(31-27-17)16-32-22-7-3-2-6-21(22)24(30)28-11-8-19(9-12-28)23(29)26-15-18-5-4-10-25-14-18/h2-7,10,13-14,19H,8-9,11-12,15-16H2,1H3,(H,26,29). The smallest absolute Gasteiger partial charge is 0.254 e. The maximum atomic E-state index is 13.2. The van der Waals surface area contributed by atoms with Crippen LogP contribution in [0.5, 0.6) is 0 Å². The number of aryl methyl sites for hydroxylation is 1. The van der Waals surface area contributed by atoms with E-state index in [0.29, 0.717) is 43.8 Å². The molecule has 8 heteroatoms. The van der Waals surface area contributed by atoms with E-state index in [0.717, 1.165) is 21.9 Å². The van der Waals surface area contributed by atoms with Gasteiger partial charge in [0.05, 0.1) is 17.0 Å². The predicted molar refractivity (Wildman–Crippen MR) is 122 cm³/mol. The first-order valence-corrected chi connectivity index (χ1v) is 11.7. The highest BCUT2D eigenvalue weighted by atomic mass is 32.2. The fourth-order valence-corrected chi connectivity index (χ4v) is 4.67. The number of aromatic nitrogens is 2. The van der Waals surface area contributed by atoms with Crippen molar-refractivity contribution >= 4 is 23.6 Å². The average molecular weight is 451 g/mol. The van der Waals surface area contributed by atoms with E-state index in [4.69, 9.17) is 4.52 Å². The quantitative estimate of drug-likeness (QED) is 0.550. The molecule has 0 saturated carbocycles. The SMILES string of the molecule is Cc1cc(CSc2ccccc2C(=O)N2CCC(C(=O)NCc3cccnc3)CC2)on1. The maximum absolute atomic E-state index is 13.2. The number of amides is 2. The summed E-state index contributed by atoms with van der Waals surface area (Å²) in [4.78, 5) is 32.6. The summed E-state index contributed by atoms with van der Waals surface area (Å²) >= 11 is 1.57. The molecule has 1 aromatic carbocycles. The zero-order valence-corrected chi connectivity index (χ0v) is 18.8. The Kier molecular flexibility index (Phi) is 7.21. The number of benzene rings is 1. The van der Waals surface area contributed by atoms with Crippen molar-refractivity contribution in [2.45, 2.75) is 37.0 Å². The summed E-state index contributed by atoms with van der Waals surface area (Å²) in [7, 11) is 0. The van der Waals surface area contributed by atoms with Crippen molar-refractivity contribution in [1.82, 2.24) is 20.4 Å². The molecule has 3 heterocycles. The molecule has 0 spiro atoms. The minimum absolute atomic E-state index is 0.0102. The van der Waals surface area contributed by atoms with Crippen molar-refractivity contribution in [1.29, 1.82) is 0 Å². The van der Waals surface area contributed by atoms with Gasteiger partial charge in [-0.3, -0.25) is 14.6 Å². The van der Waals surface area contributed by atoms with E-state index < -0.39 is 0 Å². The number of pyridine rings is 1. The zero-order valence-electron chi connectivity index (χ0n) is 18.0. The van der Waals surface area contributed by atoms with Crippen LogP contribution in [0.25, 0.3) is 0 Å². The van der Waals surface area contributed by atoms with Gasteiger partial charge in [0.15, 0.2) is 0 Å². The highest BCUT2D eigenvalue weighted by molar-refractivity contribution is 7.98. The molecule has 32 heavy (non-hydrogen) atoms. The summed E-state index contributed by atoms with van der Waals surface area (Å²) in [5.74, 6) is 1.38. The molecule has 0 aliphatic carbocycles. The number of nitrogens with zero attached hydrogens (tertiary/aromatic N) is 3. The number of likely N-dealkylation sites (tertiary alicyclic amines) is 1. The number of thioether (sulfide) groups is 1.